The molecule has 19 heavy (non-hydrogen) atoms. The molecular formula is C12H22NO5P. The molecule has 0 spiro atoms. The van der Waals surface area contributed by atoms with E-state index in [2.05, 4.69) is 5.32 Å². The normalized spacial score (nSPS) is 35.5. The lowest BCUT2D eigenvalue weighted by Crippen LogP contribution is -2.50. The minimum absolute atomic E-state index is 0.0213. The molecule has 0 aromatic carbocycles. The highest BCUT2D eigenvalue weighted by molar-refractivity contribution is 7.51. The van der Waals surface area contributed by atoms with Gasteiger partial charge in [-0.25, -0.2) is 0 Å². The van der Waals surface area contributed by atoms with Gasteiger partial charge in [0.25, 0.3) is 0 Å². The summed E-state index contributed by atoms with van der Waals surface area (Å²) in [7, 11) is -2.55. The first kappa shape index (κ1) is 15.0. The molecule has 4 atom stereocenters. The number of carbonyl (C=O) groups is 1. The zero-order valence-corrected chi connectivity index (χ0v) is 12.0. The van der Waals surface area contributed by atoms with Crippen LogP contribution in [0.2, 0.25) is 0 Å². The quantitative estimate of drug-likeness (QED) is 0.524. The topological polar surface area (TPSA) is 95.9 Å². The molecule has 110 valence electrons. The molecule has 0 aromatic rings. The summed E-state index contributed by atoms with van der Waals surface area (Å²) in [6.07, 6.45) is 3.36. The number of rotatable bonds is 3. The Hall–Kier alpha value is -0.420. The number of hydrogen-bond acceptors (Lipinski definition) is 4. The number of nitrogens with one attached hydrogen (secondary N) is 1. The van der Waals surface area contributed by atoms with Gasteiger partial charge in [0.15, 0.2) is 0 Å². The Morgan fingerprint density at radius 3 is 2.68 bits per heavy atom. The second kappa shape index (κ2) is 5.92. The molecule has 2 rings (SSSR count). The van der Waals surface area contributed by atoms with Crippen molar-refractivity contribution in [1.82, 2.24) is 5.32 Å². The molecule has 4 unspecified atom stereocenters. The summed E-state index contributed by atoms with van der Waals surface area (Å²) < 4.78 is 15.8. The molecule has 0 bridgehead atoms. The number of carbonyl (C=O) groups excluding carboxylic acids is 1. The van der Waals surface area contributed by atoms with Gasteiger partial charge in [-0.3, -0.25) is 9.36 Å². The van der Waals surface area contributed by atoms with Crippen molar-refractivity contribution < 1.29 is 23.9 Å². The van der Waals surface area contributed by atoms with Crippen LogP contribution >= 0.6 is 7.60 Å². The van der Waals surface area contributed by atoms with E-state index in [0.29, 0.717) is 11.8 Å². The smallest absolute Gasteiger partial charge is 0.325 e. The molecule has 1 aliphatic carbocycles. The van der Waals surface area contributed by atoms with Gasteiger partial charge in [0.05, 0.1) is 13.3 Å². The van der Waals surface area contributed by atoms with Gasteiger partial charge in [-0.1, -0.05) is 0 Å². The molecule has 0 radical (unpaired) electrons. The fourth-order valence-electron chi connectivity index (χ4n) is 3.49. The Bertz CT molecular complexity index is 382. The lowest BCUT2D eigenvalue weighted by molar-refractivity contribution is -0.144. The molecule has 1 saturated carbocycles. The third-order valence-electron chi connectivity index (χ3n) is 4.40. The minimum Gasteiger partial charge on any atom is -0.468 e. The van der Waals surface area contributed by atoms with Crippen molar-refractivity contribution in [2.45, 2.75) is 31.7 Å². The summed E-state index contributed by atoms with van der Waals surface area (Å²) in [6, 6.07) is -0.264. The minimum atomic E-state index is -3.93. The summed E-state index contributed by atoms with van der Waals surface area (Å²) in [5.74, 6) is 0.735. The van der Waals surface area contributed by atoms with E-state index in [9.17, 15) is 9.36 Å². The average molecular weight is 291 g/mol. The molecule has 1 aliphatic heterocycles. The van der Waals surface area contributed by atoms with Gasteiger partial charge in [-0.15, -0.1) is 0 Å². The van der Waals surface area contributed by atoms with Crippen molar-refractivity contribution in [3.63, 3.8) is 0 Å². The van der Waals surface area contributed by atoms with E-state index in [1.54, 1.807) is 0 Å². The third kappa shape index (κ3) is 4.02. The van der Waals surface area contributed by atoms with Gasteiger partial charge in [0, 0.05) is 0 Å². The zero-order chi connectivity index (χ0) is 14.0. The van der Waals surface area contributed by atoms with Crippen molar-refractivity contribution in [2.24, 2.45) is 17.8 Å². The molecule has 7 heteroatoms. The second-order valence-corrected chi connectivity index (χ2v) is 7.46. The molecule has 2 fully saturated rings. The number of piperidine rings is 1. The Balaban J connectivity index is 1.93. The predicted octanol–water partition coefficient (Wildman–Crippen LogP) is 0.731. The average Bonchev–Trinajstić information content (AvgIpc) is 2.35. The summed E-state index contributed by atoms with van der Waals surface area (Å²) >= 11 is 0. The maximum atomic E-state index is 11.5. The van der Waals surface area contributed by atoms with Gasteiger partial charge < -0.3 is 19.8 Å². The Morgan fingerprint density at radius 1 is 1.32 bits per heavy atom. The van der Waals surface area contributed by atoms with Crippen molar-refractivity contribution >= 4 is 13.6 Å². The third-order valence-corrected chi connectivity index (χ3v) is 5.39. The van der Waals surface area contributed by atoms with E-state index < -0.39 is 7.60 Å². The highest BCUT2D eigenvalue weighted by Gasteiger charge is 2.39. The van der Waals surface area contributed by atoms with Gasteiger partial charge in [0.1, 0.15) is 6.04 Å². The first-order chi connectivity index (χ1) is 8.89. The van der Waals surface area contributed by atoms with Gasteiger partial charge in [-0.2, -0.15) is 0 Å². The summed E-state index contributed by atoms with van der Waals surface area (Å²) in [4.78, 5) is 29.7. The monoisotopic (exact) mass is 291 g/mol. The maximum Gasteiger partial charge on any atom is 0.325 e. The van der Waals surface area contributed by atoms with Crippen molar-refractivity contribution in [3.05, 3.63) is 0 Å². The first-order valence-corrected chi connectivity index (χ1v) is 8.54. The van der Waals surface area contributed by atoms with Crippen LogP contribution in [0.25, 0.3) is 0 Å². The van der Waals surface area contributed by atoms with Crippen LogP contribution in [0.5, 0.6) is 0 Å². The number of ether oxygens (including phenoxy) is 1. The fourth-order valence-corrected chi connectivity index (χ4v) is 4.49. The Morgan fingerprint density at radius 2 is 2.05 bits per heavy atom. The molecule has 2 aliphatic rings. The van der Waals surface area contributed by atoms with Gasteiger partial charge in [-0.05, 0) is 50.0 Å². The molecule has 1 heterocycles. The SMILES string of the molecule is COC(=O)C1CC2CC(CP(=O)(O)O)CCC2CN1. The highest BCUT2D eigenvalue weighted by atomic mass is 31.2. The van der Waals surface area contributed by atoms with E-state index in [1.165, 1.54) is 7.11 Å². The summed E-state index contributed by atoms with van der Waals surface area (Å²) in [6.45, 7) is 0.799. The number of fused-ring (bicyclic) bond motifs is 1. The number of methoxy groups -OCH3 is 1. The zero-order valence-electron chi connectivity index (χ0n) is 11.1. The van der Waals surface area contributed by atoms with E-state index >= 15 is 0 Å². The van der Waals surface area contributed by atoms with Crippen LogP contribution in [0, 0.1) is 17.8 Å². The molecule has 6 nitrogen and oxygen atoms in total. The van der Waals surface area contributed by atoms with Crippen molar-refractivity contribution in [1.29, 1.82) is 0 Å². The largest absolute Gasteiger partial charge is 0.468 e. The molecule has 1 saturated heterocycles. The molecule has 3 N–H and O–H groups in total. The fraction of sp³-hybridized carbons (Fsp3) is 0.917. The predicted molar refractivity (Wildman–Crippen MR) is 69.7 cm³/mol. The van der Waals surface area contributed by atoms with Crippen LogP contribution in [0.1, 0.15) is 25.7 Å². The van der Waals surface area contributed by atoms with Gasteiger partial charge in [0.2, 0.25) is 0 Å². The molecule has 0 aromatic heterocycles. The molecular weight excluding hydrogens is 269 g/mol. The van der Waals surface area contributed by atoms with Crippen molar-refractivity contribution in [2.75, 3.05) is 19.8 Å². The standard InChI is InChI=1S/C12H22NO5P/c1-18-12(14)11-5-10-4-8(7-19(15,16)17)2-3-9(10)6-13-11/h8-11,13H,2-7H2,1H3,(H2,15,16,17). The van der Waals surface area contributed by atoms with Crippen molar-refractivity contribution in [3.8, 4) is 0 Å². The van der Waals surface area contributed by atoms with E-state index in [-0.39, 0.29) is 24.1 Å². The van der Waals surface area contributed by atoms with Crippen LogP contribution in [0.3, 0.4) is 0 Å². The first-order valence-electron chi connectivity index (χ1n) is 6.75. The van der Waals surface area contributed by atoms with Crippen LogP contribution in [-0.4, -0.2) is 41.6 Å². The van der Waals surface area contributed by atoms with Crippen LogP contribution < -0.4 is 5.32 Å². The van der Waals surface area contributed by atoms with E-state index in [4.69, 9.17) is 14.5 Å². The molecule has 0 amide bonds. The van der Waals surface area contributed by atoms with Crippen LogP contribution in [-0.2, 0) is 14.1 Å². The lowest BCUT2D eigenvalue weighted by Gasteiger charge is -2.41. The van der Waals surface area contributed by atoms with Crippen LogP contribution in [0.4, 0.5) is 0 Å². The van der Waals surface area contributed by atoms with Crippen LogP contribution in [0.15, 0.2) is 0 Å². The Kier molecular flexibility index (Phi) is 4.66. The van der Waals surface area contributed by atoms with E-state index in [0.717, 1.165) is 32.2 Å². The van der Waals surface area contributed by atoms with Gasteiger partial charge >= 0.3 is 13.6 Å². The second-order valence-electron chi connectivity index (χ2n) is 5.77. The maximum absolute atomic E-state index is 11.5. The number of hydrogen-bond donors (Lipinski definition) is 3. The Labute approximate surface area is 113 Å². The van der Waals surface area contributed by atoms with E-state index in [1.807, 2.05) is 0 Å². The summed E-state index contributed by atoms with van der Waals surface area (Å²) in [5, 5.41) is 3.20. The summed E-state index contributed by atoms with van der Waals surface area (Å²) in [5.41, 5.74) is 0. The number of esters is 1. The highest BCUT2D eigenvalue weighted by Crippen LogP contribution is 2.45. The lowest BCUT2D eigenvalue weighted by atomic mass is 9.70.